The summed E-state index contributed by atoms with van der Waals surface area (Å²) >= 11 is 0. The summed E-state index contributed by atoms with van der Waals surface area (Å²) in [5.41, 5.74) is -0.0503. The number of nitrogens with one attached hydrogen (secondary N) is 1. The molecule has 12 nitrogen and oxygen atoms in total. The SMILES string of the molecule is COc1cc(C=Cc2nc3c(c(=O)n(C)c(=O)n3C)n2C)cc(OC)c1OC/C=C/CNC(=O)OC(C)(C)C. The number of rotatable bonds is 9. The second kappa shape index (κ2) is 11.9. The summed E-state index contributed by atoms with van der Waals surface area (Å²) in [5.74, 6) is 1.82. The highest BCUT2D eigenvalue weighted by atomic mass is 16.6. The topological polar surface area (TPSA) is 128 Å². The number of hydrogen-bond donors (Lipinski definition) is 1. The summed E-state index contributed by atoms with van der Waals surface area (Å²) in [6, 6.07) is 3.55. The van der Waals surface area contributed by atoms with Crippen LogP contribution in [0.25, 0.3) is 23.3 Å². The molecule has 3 rings (SSSR count). The molecule has 0 fully saturated rings. The molecule has 12 heteroatoms. The van der Waals surface area contributed by atoms with E-state index in [1.54, 1.807) is 75.9 Å². The van der Waals surface area contributed by atoms with Gasteiger partial charge in [0, 0.05) is 27.7 Å². The van der Waals surface area contributed by atoms with Crippen LogP contribution in [0.1, 0.15) is 32.2 Å². The summed E-state index contributed by atoms with van der Waals surface area (Å²) in [6.07, 6.45) is 6.54. The van der Waals surface area contributed by atoms with Crippen molar-refractivity contribution in [3.05, 3.63) is 56.5 Å². The van der Waals surface area contributed by atoms with Gasteiger partial charge in [-0.05, 0) is 50.6 Å². The third-order valence-corrected chi connectivity index (χ3v) is 5.67. The maximum Gasteiger partial charge on any atom is 0.407 e. The average Bonchev–Trinajstić information content (AvgIpc) is 3.21. The van der Waals surface area contributed by atoms with E-state index in [0.29, 0.717) is 40.8 Å². The number of carbonyl (C=O) groups excluding carboxylic acids is 1. The van der Waals surface area contributed by atoms with Gasteiger partial charge in [0.05, 0.1) is 14.2 Å². The highest BCUT2D eigenvalue weighted by molar-refractivity contribution is 5.77. The highest BCUT2D eigenvalue weighted by Crippen LogP contribution is 2.39. The van der Waals surface area contributed by atoms with Crippen LogP contribution in [-0.4, -0.2) is 57.8 Å². The summed E-state index contributed by atoms with van der Waals surface area (Å²) in [5, 5.41) is 2.64. The van der Waals surface area contributed by atoms with E-state index >= 15 is 0 Å². The molecule has 0 aliphatic carbocycles. The normalized spacial score (nSPS) is 11.9. The smallest absolute Gasteiger partial charge is 0.407 e. The monoisotopic (exact) mass is 541 g/mol. The zero-order chi connectivity index (χ0) is 28.9. The van der Waals surface area contributed by atoms with Gasteiger partial charge in [0.1, 0.15) is 18.0 Å². The van der Waals surface area contributed by atoms with E-state index in [9.17, 15) is 14.4 Å². The minimum atomic E-state index is -0.560. The van der Waals surface area contributed by atoms with E-state index in [2.05, 4.69) is 10.3 Å². The number of carbonyl (C=O) groups is 1. The van der Waals surface area contributed by atoms with Gasteiger partial charge >= 0.3 is 11.8 Å². The molecule has 1 amide bonds. The van der Waals surface area contributed by atoms with Gasteiger partial charge in [-0.3, -0.25) is 13.9 Å². The molecule has 0 saturated carbocycles. The van der Waals surface area contributed by atoms with Crippen LogP contribution < -0.4 is 30.8 Å². The summed E-state index contributed by atoms with van der Waals surface area (Å²) in [4.78, 5) is 41.1. The second-order valence-electron chi connectivity index (χ2n) is 9.66. The van der Waals surface area contributed by atoms with Crippen molar-refractivity contribution in [3.8, 4) is 17.2 Å². The average molecular weight is 542 g/mol. The molecular formula is C27H35N5O7. The maximum absolute atomic E-state index is 12.6. The first-order valence-corrected chi connectivity index (χ1v) is 12.2. The molecule has 0 saturated heterocycles. The molecular weight excluding hydrogens is 506 g/mol. The van der Waals surface area contributed by atoms with E-state index in [0.717, 1.165) is 10.1 Å². The third kappa shape index (κ3) is 6.70. The van der Waals surface area contributed by atoms with E-state index < -0.39 is 22.9 Å². The van der Waals surface area contributed by atoms with Crippen molar-refractivity contribution in [2.45, 2.75) is 26.4 Å². The second-order valence-corrected chi connectivity index (χ2v) is 9.66. The summed E-state index contributed by atoms with van der Waals surface area (Å²) < 4.78 is 26.2. The van der Waals surface area contributed by atoms with Crippen molar-refractivity contribution in [1.29, 1.82) is 0 Å². The van der Waals surface area contributed by atoms with Crippen LogP contribution in [0.4, 0.5) is 4.79 Å². The fourth-order valence-electron chi connectivity index (χ4n) is 3.73. The van der Waals surface area contributed by atoms with Crippen molar-refractivity contribution in [3.63, 3.8) is 0 Å². The van der Waals surface area contributed by atoms with E-state index in [1.807, 2.05) is 0 Å². The zero-order valence-corrected chi connectivity index (χ0v) is 23.5. The predicted molar refractivity (Wildman–Crippen MR) is 149 cm³/mol. The first-order valence-electron chi connectivity index (χ1n) is 12.2. The lowest BCUT2D eigenvalue weighted by Gasteiger charge is -2.19. The number of amides is 1. The van der Waals surface area contributed by atoms with Crippen LogP contribution >= 0.6 is 0 Å². The summed E-state index contributed by atoms with van der Waals surface area (Å²) in [7, 11) is 7.78. The number of benzene rings is 1. The van der Waals surface area contributed by atoms with Crippen molar-refractivity contribution in [2.24, 2.45) is 21.1 Å². The Bertz CT molecular complexity index is 1510. The Hall–Kier alpha value is -4.48. The number of hydrogen-bond acceptors (Lipinski definition) is 8. The molecule has 0 unspecified atom stereocenters. The fourth-order valence-corrected chi connectivity index (χ4v) is 3.73. The first-order chi connectivity index (χ1) is 18.4. The molecule has 39 heavy (non-hydrogen) atoms. The molecule has 210 valence electrons. The molecule has 0 aliphatic rings. The van der Waals surface area contributed by atoms with Gasteiger partial charge in [-0.2, -0.15) is 0 Å². The van der Waals surface area contributed by atoms with Crippen LogP contribution in [-0.2, 0) is 25.9 Å². The largest absolute Gasteiger partial charge is 0.493 e. The number of imidazole rings is 1. The Morgan fingerprint density at radius 3 is 2.21 bits per heavy atom. The van der Waals surface area contributed by atoms with Crippen LogP contribution in [0.2, 0.25) is 0 Å². The van der Waals surface area contributed by atoms with Crippen LogP contribution in [0, 0.1) is 0 Å². The Morgan fingerprint density at radius 1 is 0.974 bits per heavy atom. The Labute approximate surface area is 226 Å². The number of alkyl carbamates (subject to hydrolysis) is 1. The minimum Gasteiger partial charge on any atom is -0.493 e. The van der Waals surface area contributed by atoms with Crippen LogP contribution in [0.15, 0.2) is 33.9 Å². The van der Waals surface area contributed by atoms with Crippen molar-refractivity contribution < 1.29 is 23.7 Å². The fraction of sp³-hybridized carbons (Fsp3) is 0.407. The molecule has 0 radical (unpaired) electrons. The van der Waals surface area contributed by atoms with Crippen LogP contribution in [0.3, 0.4) is 0 Å². The number of ether oxygens (including phenoxy) is 4. The number of aryl methyl sites for hydroxylation is 2. The first kappa shape index (κ1) is 29.1. The van der Waals surface area contributed by atoms with Crippen LogP contribution in [0.5, 0.6) is 17.2 Å². The molecule has 2 aromatic heterocycles. The van der Waals surface area contributed by atoms with Gasteiger partial charge in [0.2, 0.25) is 5.75 Å². The quantitative estimate of drug-likeness (QED) is 0.410. The van der Waals surface area contributed by atoms with E-state index in [4.69, 9.17) is 18.9 Å². The standard InChI is InChI=1S/C27H35N5O7/c1-27(2,3)39-25(34)28-13-9-10-14-38-22-18(36-7)15-17(16-19(22)37-8)11-12-20-29-23-21(30(20)4)24(33)32(6)26(35)31(23)5/h9-12,15-16H,13-14H2,1-8H3,(H,28,34)/b10-9+,12-11?. The molecule has 3 aromatic rings. The van der Waals surface area contributed by atoms with Gasteiger partial charge in [0.15, 0.2) is 22.7 Å². The predicted octanol–water partition coefficient (Wildman–Crippen LogP) is 2.62. The van der Waals surface area contributed by atoms with Gasteiger partial charge < -0.3 is 28.8 Å². The van der Waals surface area contributed by atoms with E-state index in [1.165, 1.54) is 25.8 Å². The Morgan fingerprint density at radius 2 is 1.62 bits per heavy atom. The van der Waals surface area contributed by atoms with Crippen molar-refractivity contribution in [2.75, 3.05) is 27.4 Å². The molecule has 0 bridgehead atoms. The van der Waals surface area contributed by atoms with Gasteiger partial charge in [-0.25, -0.2) is 14.6 Å². The third-order valence-electron chi connectivity index (χ3n) is 5.67. The van der Waals surface area contributed by atoms with Gasteiger partial charge in [-0.15, -0.1) is 0 Å². The zero-order valence-electron chi connectivity index (χ0n) is 23.5. The molecule has 1 aromatic carbocycles. The van der Waals surface area contributed by atoms with Crippen molar-refractivity contribution in [1.82, 2.24) is 24.0 Å². The number of aromatic nitrogens is 4. The summed E-state index contributed by atoms with van der Waals surface area (Å²) in [6.45, 7) is 5.90. The van der Waals surface area contributed by atoms with Gasteiger partial charge in [0.25, 0.3) is 5.56 Å². The molecule has 0 aliphatic heterocycles. The molecule has 0 atom stereocenters. The lowest BCUT2D eigenvalue weighted by Crippen LogP contribution is -2.37. The molecule has 1 N–H and O–H groups in total. The lowest BCUT2D eigenvalue weighted by molar-refractivity contribution is 0.0534. The minimum absolute atomic E-state index is 0.214. The van der Waals surface area contributed by atoms with Gasteiger partial charge in [-0.1, -0.05) is 12.2 Å². The molecule has 2 heterocycles. The number of methoxy groups -OCH3 is 2. The number of nitrogens with zero attached hydrogens (tertiary/aromatic N) is 4. The van der Waals surface area contributed by atoms with E-state index in [-0.39, 0.29) is 6.61 Å². The lowest BCUT2D eigenvalue weighted by atomic mass is 10.1. The maximum atomic E-state index is 12.6. The highest BCUT2D eigenvalue weighted by Gasteiger charge is 2.17. The molecule has 0 spiro atoms. The number of fused-ring (bicyclic) bond motifs is 1. The Kier molecular flexibility index (Phi) is 8.89. The van der Waals surface area contributed by atoms with Crippen molar-refractivity contribution >= 4 is 29.4 Å². The Balaban J connectivity index is 1.77.